The lowest BCUT2D eigenvalue weighted by molar-refractivity contribution is -0.145. The summed E-state index contributed by atoms with van der Waals surface area (Å²) < 4.78 is 6.46. The van der Waals surface area contributed by atoms with E-state index in [2.05, 4.69) is 21.2 Å². The lowest BCUT2D eigenvalue weighted by Crippen LogP contribution is -2.35. The molecule has 0 spiro atoms. The average Bonchev–Trinajstić information content (AvgIpc) is 3.05. The summed E-state index contributed by atoms with van der Waals surface area (Å²) in [6.45, 7) is 4.01. The predicted molar refractivity (Wildman–Crippen MR) is 85.3 cm³/mol. The number of carbonyl (C=O) groups excluding carboxylic acids is 2. The number of esters is 1. The summed E-state index contributed by atoms with van der Waals surface area (Å²) in [7, 11) is 0. The Bertz CT molecular complexity index is 661. The van der Waals surface area contributed by atoms with Crippen LogP contribution in [0.3, 0.4) is 0 Å². The fourth-order valence-electron chi connectivity index (χ4n) is 4.61. The van der Waals surface area contributed by atoms with Crippen molar-refractivity contribution in [2.24, 2.45) is 23.7 Å². The van der Waals surface area contributed by atoms with Gasteiger partial charge in [-0.15, -0.1) is 0 Å². The van der Waals surface area contributed by atoms with Crippen molar-refractivity contribution >= 4 is 33.5 Å². The Labute approximate surface area is 137 Å². The maximum absolute atomic E-state index is 12.7. The lowest BCUT2D eigenvalue weighted by atomic mass is 9.79. The van der Waals surface area contributed by atoms with Crippen LogP contribution in [0.15, 0.2) is 16.6 Å². The van der Waals surface area contributed by atoms with Crippen molar-refractivity contribution in [3.05, 3.63) is 27.7 Å². The first-order chi connectivity index (χ1) is 10.5. The second-order valence-electron chi connectivity index (χ2n) is 6.84. The average molecular weight is 364 g/mol. The Kier molecular flexibility index (Phi) is 3.12. The molecule has 2 aliphatic carbocycles. The quantitative estimate of drug-likeness (QED) is 0.820. The summed E-state index contributed by atoms with van der Waals surface area (Å²) in [4.78, 5) is 24.7. The van der Waals surface area contributed by atoms with Crippen LogP contribution >= 0.6 is 15.9 Å². The molecule has 0 radical (unpaired) electrons. The SMILES string of the molecule is Cc1cc(NC(=O)[C@@H]2[C@@H]3C[C@@H]4[C@H]2C(=O)O[C@@H]4C3)cc(C)c1Br. The summed E-state index contributed by atoms with van der Waals surface area (Å²) in [5, 5.41) is 3.01. The Morgan fingerprint density at radius 1 is 1.27 bits per heavy atom. The molecule has 4 nitrogen and oxygen atoms in total. The number of aryl methyl sites for hydroxylation is 2. The van der Waals surface area contributed by atoms with Gasteiger partial charge >= 0.3 is 5.97 Å². The molecule has 2 bridgehead atoms. The van der Waals surface area contributed by atoms with Crippen LogP contribution in [0.2, 0.25) is 0 Å². The fourth-order valence-corrected chi connectivity index (χ4v) is 4.84. The van der Waals surface area contributed by atoms with Gasteiger partial charge in [0.05, 0.1) is 11.8 Å². The summed E-state index contributed by atoms with van der Waals surface area (Å²) in [5.74, 6) is -0.0816. The van der Waals surface area contributed by atoms with Crippen molar-refractivity contribution in [3.8, 4) is 0 Å². The second-order valence-corrected chi connectivity index (χ2v) is 7.63. The summed E-state index contributed by atoms with van der Waals surface area (Å²) in [6.07, 6.45) is 1.88. The molecule has 5 heteroatoms. The fraction of sp³-hybridized carbons (Fsp3) is 0.529. The molecule has 5 atom stereocenters. The van der Waals surface area contributed by atoms with Crippen LogP contribution in [0.25, 0.3) is 0 Å². The van der Waals surface area contributed by atoms with Gasteiger partial charge in [0.2, 0.25) is 5.91 Å². The summed E-state index contributed by atoms with van der Waals surface area (Å²) >= 11 is 3.53. The Hall–Kier alpha value is -1.36. The number of hydrogen-bond donors (Lipinski definition) is 1. The van der Waals surface area contributed by atoms with Gasteiger partial charge in [0.15, 0.2) is 0 Å². The highest BCUT2D eigenvalue weighted by atomic mass is 79.9. The number of fused-ring (bicyclic) bond motifs is 1. The highest BCUT2D eigenvalue weighted by molar-refractivity contribution is 9.10. The largest absolute Gasteiger partial charge is 0.462 e. The lowest BCUT2D eigenvalue weighted by Gasteiger charge is -2.23. The number of carbonyl (C=O) groups is 2. The first-order valence-corrected chi connectivity index (χ1v) is 8.53. The third-order valence-electron chi connectivity index (χ3n) is 5.49. The number of ether oxygens (including phenoxy) is 1. The molecule has 1 amide bonds. The minimum absolute atomic E-state index is 0.0316. The predicted octanol–water partition coefficient (Wildman–Crippen LogP) is 3.20. The number of hydrogen-bond acceptors (Lipinski definition) is 3. The smallest absolute Gasteiger partial charge is 0.310 e. The van der Waals surface area contributed by atoms with Crippen LogP contribution in [-0.4, -0.2) is 18.0 Å². The molecule has 1 N–H and O–H groups in total. The Balaban J connectivity index is 1.57. The van der Waals surface area contributed by atoms with Gasteiger partial charge in [-0.2, -0.15) is 0 Å². The summed E-state index contributed by atoms with van der Waals surface area (Å²) in [6, 6.07) is 3.91. The second kappa shape index (κ2) is 4.82. The van der Waals surface area contributed by atoms with E-state index < -0.39 is 0 Å². The van der Waals surface area contributed by atoms with Gasteiger partial charge in [0.25, 0.3) is 0 Å². The molecule has 3 fully saturated rings. The van der Waals surface area contributed by atoms with Crippen molar-refractivity contribution < 1.29 is 14.3 Å². The van der Waals surface area contributed by atoms with Crippen molar-refractivity contribution in [3.63, 3.8) is 0 Å². The Morgan fingerprint density at radius 2 is 1.95 bits per heavy atom. The summed E-state index contributed by atoms with van der Waals surface area (Å²) in [5.41, 5.74) is 2.97. The number of nitrogens with one attached hydrogen (secondary N) is 1. The van der Waals surface area contributed by atoms with Crippen molar-refractivity contribution in [1.82, 2.24) is 0 Å². The first-order valence-electron chi connectivity index (χ1n) is 7.74. The highest BCUT2D eigenvalue weighted by Crippen LogP contribution is 2.57. The van der Waals surface area contributed by atoms with E-state index in [9.17, 15) is 9.59 Å². The standard InChI is InChI=1S/C17H18BrNO3/c1-7-3-10(4-8(2)15(7)18)19-16(20)13-9-5-11-12(6-9)22-17(21)14(11)13/h3-4,9,11-14H,5-6H2,1-2H3,(H,19,20)/t9-,11+,12-,13-,14-/m1/s1. The van der Waals surface area contributed by atoms with Gasteiger partial charge in [-0.25, -0.2) is 0 Å². The van der Waals surface area contributed by atoms with Crippen LogP contribution < -0.4 is 5.32 Å². The zero-order chi connectivity index (χ0) is 15.6. The topological polar surface area (TPSA) is 55.4 Å². The molecule has 1 heterocycles. The minimum Gasteiger partial charge on any atom is -0.462 e. The molecule has 4 rings (SSSR count). The third-order valence-corrected chi connectivity index (χ3v) is 6.74. The number of benzene rings is 1. The molecule has 3 aliphatic rings. The molecular formula is C17H18BrNO3. The molecular weight excluding hydrogens is 346 g/mol. The van der Waals surface area contributed by atoms with Crippen molar-refractivity contribution in [2.45, 2.75) is 32.8 Å². The molecule has 1 aromatic carbocycles. The van der Waals surface area contributed by atoms with E-state index in [-0.39, 0.29) is 35.7 Å². The van der Waals surface area contributed by atoms with Gasteiger partial charge in [-0.05, 0) is 55.9 Å². The van der Waals surface area contributed by atoms with E-state index in [4.69, 9.17) is 4.74 Å². The normalized spacial score (nSPS) is 34.9. The van der Waals surface area contributed by atoms with Crippen LogP contribution in [0.5, 0.6) is 0 Å². The molecule has 1 aromatic rings. The van der Waals surface area contributed by atoms with Crippen LogP contribution in [-0.2, 0) is 14.3 Å². The molecule has 2 saturated carbocycles. The van der Waals surface area contributed by atoms with Gasteiger partial charge in [0.1, 0.15) is 6.10 Å². The molecule has 1 saturated heterocycles. The molecule has 116 valence electrons. The van der Waals surface area contributed by atoms with E-state index in [1.54, 1.807) is 0 Å². The van der Waals surface area contributed by atoms with E-state index in [0.717, 1.165) is 34.1 Å². The number of rotatable bonds is 2. The molecule has 22 heavy (non-hydrogen) atoms. The number of anilines is 1. The van der Waals surface area contributed by atoms with Gasteiger partial charge in [-0.1, -0.05) is 15.9 Å². The number of halogens is 1. The minimum atomic E-state index is -0.222. The third kappa shape index (κ3) is 1.94. The Morgan fingerprint density at radius 3 is 2.64 bits per heavy atom. The van der Waals surface area contributed by atoms with Crippen molar-refractivity contribution in [2.75, 3.05) is 5.32 Å². The highest BCUT2D eigenvalue weighted by Gasteiger charge is 2.63. The van der Waals surface area contributed by atoms with E-state index in [1.807, 2.05) is 26.0 Å². The maximum Gasteiger partial charge on any atom is 0.310 e. The molecule has 0 unspecified atom stereocenters. The number of amides is 1. The van der Waals surface area contributed by atoms with Crippen LogP contribution in [0.4, 0.5) is 5.69 Å². The molecule has 1 aliphatic heterocycles. The first kappa shape index (κ1) is 14.2. The molecule has 0 aromatic heterocycles. The zero-order valence-electron chi connectivity index (χ0n) is 12.6. The van der Waals surface area contributed by atoms with Crippen LogP contribution in [0.1, 0.15) is 24.0 Å². The van der Waals surface area contributed by atoms with E-state index >= 15 is 0 Å². The van der Waals surface area contributed by atoms with Gasteiger partial charge in [-0.3, -0.25) is 9.59 Å². The zero-order valence-corrected chi connectivity index (χ0v) is 14.1. The maximum atomic E-state index is 12.7. The van der Waals surface area contributed by atoms with Gasteiger partial charge < -0.3 is 10.1 Å². The van der Waals surface area contributed by atoms with Crippen molar-refractivity contribution in [1.29, 1.82) is 0 Å². The van der Waals surface area contributed by atoms with E-state index in [0.29, 0.717) is 5.92 Å². The monoisotopic (exact) mass is 363 g/mol. The van der Waals surface area contributed by atoms with E-state index in [1.165, 1.54) is 0 Å². The van der Waals surface area contributed by atoms with Gasteiger partial charge in [0, 0.05) is 16.1 Å². The van der Waals surface area contributed by atoms with Crippen LogP contribution in [0, 0.1) is 37.5 Å².